The Morgan fingerprint density at radius 1 is 1.24 bits per heavy atom. The van der Waals surface area contributed by atoms with E-state index >= 15 is 0 Å². The maximum absolute atomic E-state index is 12.1. The van der Waals surface area contributed by atoms with E-state index in [0.717, 1.165) is 6.54 Å². The van der Waals surface area contributed by atoms with E-state index in [2.05, 4.69) is 5.32 Å². The highest BCUT2D eigenvalue weighted by molar-refractivity contribution is 5.86. The zero-order valence-electron chi connectivity index (χ0n) is 10.5. The molecule has 0 unspecified atom stereocenters. The molecule has 1 heterocycles. The minimum absolute atomic E-state index is 0.0198. The van der Waals surface area contributed by atoms with Crippen LogP contribution in [0.15, 0.2) is 0 Å². The highest BCUT2D eigenvalue weighted by Gasteiger charge is 2.35. The number of rotatable bonds is 3. The number of carbonyl (C=O) groups excluding carboxylic acids is 1. The Morgan fingerprint density at radius 3 is 2.53 bits per heavy atom. The third-order valence-corrected chi connectivity index (χ3v) is 4.11. The van der Waals surface area contributed by atoms with E-state index in [1.807, 2.05) is 0 Å². The van der Waals surface area contributed by atoms with Crippen molar-refractivity contribution >= 4 is 5.91 Å². The Morgan fingerprint density at radius 2 is 1.88 bits per heavy atom. The molecule has 17 heavy (non-hydrogen) atoms. The molecular weight excluding hydrogens is 216 g/mol. The van der Waals surface area contributed by atoms with Crippen LogP contribution >= 0.6 is 0 Å². The molecule has 1 amide bonds. The number of nitrogens with two attached hydrogens (primary N) is 1. The molecule has 3 N–H and O–H groups in total. The summed E-state index contributed by atoms with van der Waals surface area (Å²) < 4.78 is 5.25. The predicted octanol–water partition coefficient (Wildman–Crippen LogP) is 1.19. The van der Waals surface area contributed by atoms with E-state index in [-0.39, 0.29) is 5.91 Å². The van der Waals surface area contributed by atoms with Gasteiger partial charge in [-0.15, -0.1) is 0 Å². The first kappa shape index (κ1) is 12.8. The molecule has 1 aliphatic carbocycles. The van der Waals surface area contributed by atoms with E-state index in [1.54, 1.807) is 0 Å². The maximum atomic E-state index is 12.1. The largest absolute Gasteiger partial charge is 0.381 e. The molecule has 0 aromatic heterocycles. The standard InChI is InChI=1S/C13H24N2O2/c14-13(6-8-17-9-7-13)12(16)15-10-11-4-2-1-3-5-11/h11H,1-10,14H2,(H,15,16). The number of amides is 1. The highest BCUT2D eigenvalue weighted by atomic mass is 16.5. The fourth-order valence-corrected chi connectivity index (χ4v) is 2.77. The van der Waals surface area contributed by atoms with Gasteiger partial charge in [0.2, 0.25) is 5.91 Å². The number of hydrogen-bond donors (Lipinski definition) is 2. The average molecular weight is 240 g/mol. The maximum Gasteiger partial charge on any atom is 0.240 e. The Balaban J connectivity index is 1.75. The molecule has 1 saturated heterocycles. The second-order valence-electron chi connectivity index (χ2n) is 5.48. The van der Waals surface area contributed by atoms with Crippen LogP contribution in [0.2, 0.25) is 0 Å². The van der Waals surface area contributed by atoms with Crippen LogP contribution in [0.1, 0.15) is 44.9 Å². The number of nitrogens with one attached hydrogen (secondary N) is 1. The van der Waals surface area contributed by atoms with Crippen molar-refractivity contribution in [3.05, 3.63) is 0 Å². The first-order chi connectivity index (χ1) is 8.21. The topological polar surface area (TPSA) is 64.4 Å². The molecule has 1 saturated carbocycles. The lowest BCUT2D eigenvalue weighted by molar-refractivity contribution is -0.130. The zero-order valence-corrected chi connectivity index (χ0v) is 10.5. The predicted molar refractivity (Wildman–Crippen MR) is 66.6 cm³/mol. The lowest BCUT2D eigenvalue weighted by Crippen LogP contribution is -2.57. The van der Waals surface area contributed by atoms with E-state index in [9.17, 15) is 4.79 Å². The van der Waals surface area contributed by atoms with Crippen LogP contribution in [-0.4, -0.2) is 31.2 Å². The normalized spacial score (nSPS) is 25.5. The smallest absolute Gasteiger partial charge is 0.240 e. The summed E-state index contributed by atoms with van der Waals surface area (Å²) in [4.78, 5) is 12.1. The minimum Gasteiger partial charge on any atom is -0.381 e. The van der Waals surface area contributed by atoms with Gasteiger partial charge in [0.05, 0.1) is 5.54 Å². The van der Waals surface area contributed by atoms with Gasteiger partial charge in [0, 0.05) is 19.8 Å². The summed E-state index contributed by atoms with van der Waals surface area (Å²) in [5, 5.41) is 3.04. The summed E-state index contributed by atoms with van der Waals surface area (Å²) in [6, 6.07) is 0. The van der Waals surface area contributed by atoms with Crippen molar-refractivity contribution in [2.24, 2.45) is 11.7 Å². The van der Waals surface area contributed by atoms with E-state index in [4.69, 9.17) is 10.5 Å². The first-order valence-corrected chi connectivity index (χ1v) is 6.86. The molecule has 98 valence electrons. The molecule has 4 nitrogen and oxygen atoms in total. The molecule has 1 aliphatic heterocycles. The minimum atomic E-state index is -0.688. The third-order valence-electron chi connectivity index (χ3n) is 4.11. The van der Waals surface area contributed by atoms with E-state index in [1.165, 1.54) is 32.1 Å². The van der Waals surface area contributed by atoms with Crippen LogP contribution in [0.4, 0.5) is 0 Å². The monoisotopic (exact) mass is 240 g/mol. The molecule has 2 rings (SSSR count). The Kier molecular flexibility index (Phi) is 4.40. The summed E-state index contributed by atoms with van der Waals surface area (Å²) in [5.41, 5.74) is 5.44. The van der Waals surface area contributed by atoms with Crippen LogP contribution < -0.4 is 11.1 Å². The van der Waals surface area contributed by atoms with Gasteiger partial charge in [0.15, 0.2) is 0 Å². The van der Waals surface area contributed by atoms with Crippen LogP contribution in [0.5, 0.6) is 0 Å². The van der Waals surface area contributed by atoms with Gasteiger partial charge in [-0.3, -0.25) is 4.79 Å². The van der Waals surface area contributed by atoms with Crippen molar-refractivity contribution in [1.82, 2.24) is 5.32 Å². The molecule has 2 aliphatic rings. The van der Waals surface area contributed by atoms with Gasteiger partial charge in [-0.25, -0.2) is 0 Å². The van der Waals surface area contributed by atoms with Gasteiger partial charge >= 0.3 is 0 Å². The van der Waals surface area contributed by atoms with Crippen LogP contribution in [0.3, 0.4) is 0 Å². The van der Waals surface area contributed by atoms with E-state index in [0.29, 0.717) is 32.0 Å². The fourth-order valence-electron chi connectivity index (χ4n) is 2.77. The molecule has 0 aromatic carbocycles. The van der Waals surface area contributed by atoms with Crippen molar-refractivity contribution in [2.75, 3.05) is 19.8 Å². The Labute approximate surface area is 103 Å². The molecular formula is C13H24N2O2. The van der Waals surface area contributed by atoms with Crippen LogP contribution in [0, 0.1) is 5.92 Å². The van der Waals surface area contributed by atoms with Crippen molar-refractivity contribution in [3.63, 3.8) is 0 Å². The van der Waals surface area contributed by atoms with Gasteiger partial charge in [0.1, 0.15) is 0 Å². The summed E-state index contributed by atoms with van der Waals surface area (Å²) in [5.74, 6) is 0.683. The van der Waals surface area contributed by atoms with Crippen molar-refractivity contribution in [3.8, 4) is 0 Å². The van der Waals surface area contributed by atoms with Gasteiger partial charge < -0.3 is 15.8 Å². The molecule has 0 radical (unpaired) electrons. The quantitative estimate of drug-likeness (QED) is 0.779. The summed E-state index contributed by atoms with van der Waals surface area (Å²) >= 11 is 0. The summed E-state index contributed by atoms with van der Waals surface area (Å²) in [6.45, 7) is 2.01. The number of ether oxygens (including phenoxy) is 1. The van der Waals surface area contributed by atoms with Gasteiger partial charge in [-0.2, -0.15) is 0 Å². The second kappa shape index (κ2) is 5.83. The number of hydrogen-bond acceptors (Lipinski definition) is 3. The Hall–Kier alpha value is -0.610. The lowest BCUT2D eigenvalue weighted by atomic mass is 9.87. The highest BCUT2D eigenvalue weighted by Crippen LogP contribution is 2.23. The average Bonchev–Trinajstić information content (AvgIpc) is 2.38. The van der Waals surface area contributed by atoms with Crippen molar-refractivity contribution in [2.45, 2.75) is 50.5 Å². The third kappa shape index (κ3) is 3.42. The fraction of sp³-hybridized carbons (Fsp3) is 0.923. The Bertz CT molecular complexity index is 256. The van der Waals surface area contributed by atoms with Crippen molar-refractivity contribution in [1.29, 1.82) is 0 Å². The molecule has 2 fully saturated rings. The second-order valence-corrected chi connectivity index (χ2v) is 5.48. The van der Waals surface area contributed by atoms with Crippen molar-refractivity contribution < 1.29 is 9.53 Å². The molecule has 0 aromatic rings. The zero-order chi connectivity index (χ0) is 12.1. The molecule has 0 spiro atoms. The SMILES string of the molecule is NC1(C(=O)NCC2CCCCC2)CCOCC1. The molecule has 0 atom stereocenters. The molecule has 4 heteroatoms. The van der Waals surface area contributed by atoms with Crippen LogP contribution in [0.25, 0.3) is 0 Å². The molecule has 0 bridgehead atoms. The first-order valence-electron chi connectivity index (χ1n) is 6.86. The summed E-state index contributed by atoms with van der Waals surface area (Å²) in [7, 11) is 0. The van der Waals surface area contributed by atoms with E-state index < -0.39 is 5.54 Å². The van der Waals surface area contributed by atoms with Crippen LogP contribution in [-0.2, 0) is 9.53 Å². The van der Waals surface area contributed by atoms with Gasteiger partial charge in [-0.1, -0.05) is 19.3 Å². The van der Waals surface area contributed by atoms with Gasteiger partial charge in [0.25, 0.3) is 0 Å². The lowest BCUT2D eigenvalue weighted by Gasteiger charge is -2.32. The van der Waals surface area contributed by atoms with Gasteiger partial charge in [-0.05, 0) is 31.6 Å². The number of carbonyl (C=O) groups is 1. The summed E-state index contributed by atoms with van der Waals surface area (Å²) in [6.07, 6.45) is 7.75.